The van der Waals surface area contributed by atoms with E-state index in [0.29, 0.717) is 5.56 Å². The Bertz CT molecular complexity index is 489. The van der Waals surface area contributed by atoms with Crippen LogP contribution in [0.1, 0.15) is 17.3 Å². The number of thioether (sulfide) groups is 1. The molecule has 1 saturated heterocycles. The highest BCUT2D eigenvalue weighted by Gasteiger charge is 2.43. The number of ketones is 1. The molecule has 1 aliphatic heterocycles. The molecular formula is C14H18O6S. The van der Waals surface area contributed by atoms with Gasteiger partial charge in [0.1, 0.15) is 29.9 Å². The molecule has 21 heavy (non-hydrogen) atoms. The van der Waals surface area contributed by atoms with Crippen LogP contribution in [-0.2, 0) is 4.74 Å². The van der Waals surface area contributed by atoms with Crippen molar-refractivity contribution in [1.82, 2.24) is 0 Å². The van der Waals surface area contributed by atoms with E-state index in [1.165, 1.54) is 6.92 Å². The van der Waals surface area contributed by atoms with Crippen LogP contribution in [0.4, 0.5) is 0 Å². The van der Waals surface area contributed by atoms with E-state index in [1.807, 2.05) is 0 Å². The molecule has 1 heterocycles. The van der Waals surface area contributed by atoms with E-state index in [4.69, 9.17) is 9.84 Å². The molecule has 0 saturated carbocycles. The van der Waals surface area contributed by atoms with Gasteiger partial charge in [-0.15, -0.1) is 0 Å². The van der Waals surface area contributed by atoms with Gasteiger partial charge in [-0.1, -0.05) is 23.9 Å². The van der Waals surface area contributed by atoms with E-state index in [9.17, 15) is 20.1 Å². The van der Waals surface area contributed by atoms with E-state index in [-0.39, 0.29) is 5.78 Å². The van der Waals surface area contributed by atoms with Gasteiger partial charge in [0, 0.05) is 10.5 Å². The van der Waals surface area contributed by atoms with Crippen LogP contribution >= 0.6 is 11.8 Å². The third-order valence-corrected chi connectivity index (χ3v) is 4.53. The first-order chi connectivity index (χ1) is 9.93. The third-order valence-electron chi connectivity index (χ3n) is 3.36. The Labute approximate surface area is 126 Å². The summed E-state index contributed by atoms with van der Waals surface area (Å²) in [5.74, 6) is -0.0422. The molecular weight excluding hydrogens is 296 g/mol. The van der Waals surface area contributed by atoms with Crippen LogP contribution in [-0.4, -0.2) is 62.7 Å². The maximum Gasteiger partial charge on any atom is 0.159 e. The maximum absolute atomic E-state index is 11.2. The Morgan fingerprint density at radius 3 is 2.29 bits per heavy atom. The van der Waals surface area contributed by atoms with Crippen LogP contribution in [0, 0.1) is 0 Å². The lowest BCUT2D eigenvalue weighted by Crippen LogP contribution is -2.57. The number of ether oxygens (including phenoxy) is 1. The Morgan fingerprint density at radius 2 is 1.76 bits per heavy atom. The summed E-state index contributed by atoms with van der Waals surface area (Å²) in [6, 6.07) is 6.75. The average Bonchev–Trinajstić information content (AvgIpc) is 2.48. The fourth-order valence-electron chi connectivity index (χ4n) is 2.07. The maximum atomic E-state index is 11.2. The first-order valence-corrected chi connectivity index (χ1v) is 7.40. The van der Waals surface area contributed by atoms with Gasteiger partial charge in [0.2, 0.25) is 0 Å². The lowest BCUT2D eigenvalue weighted by atomic mass is 10.0. The summed E-state index contributed by atoms with van der Waals surface area (Å²) < 4.78 is 5.40. The highest BCUT2D eigenvalue weighted by Crippen LogP contribution is 2.33. The third kappa shape index (κ3) is 3.63. The van der Waals surface area contributed by atoms with Crippen molar-refractivity contribution in [3.63, 3.8) is 0 Å². The predicted octanol–water partition coefficient (Wildman–Crippen LogP) is -0.219. The van der Waals surface area contributed by atoms with E-state index in [2.05, 4.69) is 0 Å². The van der Waals surface area contributed by atoms with Gasteiger partial charge in [0.15, 0.2) is 5.78 Å². The number of rotatable bonds is 4. The van der Waals surface area contributed by atoms with Gasteiger partial charge in [0.25, 0.3) is 0 Å². The molecule has 7 heteroatoms. The lowest BCUT2D eigenvalue weighted by molar-refractivity contribution is -0.205. The molecule has 2 rings (SSSR count). The van der Waals surface area contributed by atoms with Crippen molar-refractivity contribution in [2.75, 3.05) is 6.61 Å². The van der Waals surface area contributed by atoms with E-state index < -0.39 is 36.5 Å². The number of aliphatic hydroxyl groups is 4. The largest absolute Gasteiger partial charge is 0.394 e. The second-order valence-corrected chi connectivity index (χ2v) is 6.07. The van der Waals surface area contributed by atoms with Crippen molar-refractivity contribution in [3.8, 4) is 0 Å². The molecule has 0 amide bonds. The first-order valence-electron chi connectivity index (χ1n) is 6.52. The summed E-state index contributed by atoms with van der Waals surface area (Å²) >= 11 is 1.15. The first kappa shape index (κ1) is 16.4. The van der Waals surface area contributed by atoms with Crippen LogP contribution in [0.3, 0.4) is 0 Å². The summed E-state index contributed by atoms with van der Waals surface area (Å²) in [4.78, 5) is 11.9. The second kappa shape index (κ2) is 6.87. The monoisotopic (exact) mass is 314 g/mol. The van der Waals surface area contributed by atoms with Crippen LogP contribution in [0.25, 0.3) is 0 Å². The van der Waals surface area contributed by atoms with Crippen molar-refractivity contribution < 1.29 is 30.0 Å². The number of aliphatic hydroxyl groups excluding tert-OH is 4. The number of carbonyl (C=O) groups is 1. The zero-order chi connectivity index (χ0) is 15.6. The minimum atomic E-state index is -1.38. The molecule has 0 aromatic heterocycles. The van der Waals surface area contributed by atoms with Gasteiger partial charge in [-0.25, -0.2) is 0 Å². The molecule has 0 spiro atoms. The predicted molar refractivity (Wildman–Crippen MR) is 76.1 cm³/mol. The molecule has 0 radical (unpaired) electrons. The Kier molecular flexibility index (Phi) is 5.37. The van der Waals surface area contributed by atoms with Crippen LogP contribution in [0.15, 0.2) is 29.2 Å². The molecule has 4 N–H and O–H groups in total. The second-order valence-electron chi connectivity index (χ2n) is 4.90. The fraction of sp³-hybridized carbons (Fsp3) is 0.500. The van der Waals surface area contributed by atoms with Crippen molar-refractivity contribution in [2.45, 2.75) is 41.7 Å². The minimum absolute atomic E-state index is 0.0422. The molecule has 0 aliphatic carbocycles. The molecule has 1 aromatic carbocycles. The van der Waals surface area contributed by atoms with E-state index >= 15 is 0 Å². The summed E-state index contributed by atoms with van der Waals surface area (Å²) in [6.07, 6.45) is -4.94. The molecule has 5 unspecified atom stereocenters. The number of Topliss-reactive ketones (excluding diaryl/α,β-unsaturated/α-hetero) is 1. The van der Waals surface area contributed by atoms with Gasteiger partial charge in [-0.3, -0.25) is 4.79 Å². The zero-order valence-electron chi connectivity index (χ0n) is 11.4. The SMILES string of the molecule is CC(=O)c1ccc(SC2OC(CO)C(O)C(O)C2O)cc1. The van der Waals surface area contributed by atoms with Crippen molar-refractivity contribution in [2.24, 2.45) is 0 Å². The molecule has 5 atom stereocenters. The van der Waals surface area contributed by atoms with Crippen molar-refractivity contribution in [3.05, 3.63) is 29.8 Å². The highest BCUT2D eigenvalue weighted by molar-refractivity contribution is 7.99. The topological polar surface area (TPSA) is 107 Å². The number of carbonyl (C=O) groups excluding carboxylic acids is 1. The quantitative estimate of drug-likeness (QED) is 0.569. The smallest absolute Gasteiger partial charge is 0.159 e. The molecule has 1 aromatic rings. The van der Waals surface area contributed by atoms with Crippen molar-refractivity contribution >= 4 is 17.5 Å². The van der Waals surface area contributed by atoms with Gasteiger partial charge < -0.3 is 25.2 Å². The number of benzene rings is 1. The summed E-state index contributed by atoms with van der Waals surface area (Å²) in [6.45, 7) is 1.02. The van der Waals surface area contributed by atoms with Crippen LogP contribution < -0.4 is 0 Å². The fourth-order valence-corrected chi connectivity index (χ4v) is 3.13. The van der Waals surface area contributed by atoms with Crippen LogP contribution in [0.5, 0.6) is 0 Å². The summed E-state index contributed by atoms with van der Waals surface area (Å²) in [7, 11) is 0. The highest BCUT2D eigenvalue weighted by atomic mass is 32.2. The van der Waals surface area contributed by atoms with Gasteiger partial charge in [-0.05, 0) is 19.1 Å². The Morgan fingerprint density at radius 1 is 1.14 bits per heavy atom. The molecule has 1 fully saturated rings. The number of hydrogen-bond donors (Lipinski definition) is 4. The van der Waals surface area contributed by atoms with E-state index in [0.717, 1.165) is 16.7 Å². The standard InChI is InChI=1S/C14H18O6S/c1-7(16)8-2-4-9(5-3-8)21-14-13(19)12(18)11(17)10(6-15)20-14/h2-5,10-15,17-19H,6H2,1H3. The summed E-state index contributed by atoms with van der Waals surface area (Å²) in [5.41, 5.74) is -0.239. The van der Waals surface area contributed by atoms with Gasteiger partial charge in [-0.2, -0.15) is 0 Å². The van der Waals surface area contributed by atoms with Crippen LogP contribution in [0.2, 0.25) is 0 Å². The van der Waals surface area contributed by atoms with Gasteiger partial charge in [0.05, 0.1) is 6.61 Å². The molecule has 6 nitrogen and oxygen atoms in total. The van der Waals surface area contributed by atoms with E-state index in [1.54, 1.807) is 24.3 Å². The average molecular weight is 314 g/mol. The molecule has 1 aliphatic rings. The zero-order valence-corrected chi connectivity index (χ0v) is 12.2. The number of hydrogen-bond acceptors (Lipinski definition) is 7. The Balaban J connectivity index is 2.08. The normalized spacial score (nSPS) is 32.9. The molecule has 116 valence electrons. The summed E-state index contributed by atoms with van der Waals surface area (Å²) in [5, 5.41) is 38.5. The lowest BCUT2D eigenvalue weighted by Gasteiger charge is -2.39. The Hall–Kier alpha value is -0.960. The van der Waals surface area contributed by atoms with Gasteiger partial charge >= 0.3 is 0 Å². The minimum Gasteiger partial charge on any atom is -0.394 e. The van der Waals surface area contributed by atoms with Crippen molar-refractivity contribution in [1.29, 1.82) is 0 Å². The molecule has 0 bridgehead atoms.